The number of benzene rings is 3. The SMILES string of the molecule is CCc1cc(CN(C)C(=O)c2ccc(F)cc2[C@@H](C)Oc2nc(Br)cnc2N)ns1.CCc1cc(CNC)ns1.CCc1snc2c1-c1cnc(N)c(c1)O[C@H](C)c1cc(F)ccc1C(=O)N(C)C2.C[C@@H](Oc1nc(Br)cnc1N)c1cc(F)ccc1C(=O)O. The minimum atomic E-state index is -1.17. The maximum absolute atomic E-state index is 14.0. The number of carbonyl (C=O) groups is 3. The number of pyridine rings is 1. The van der Waals surface area contributed by atoms with Crippen LogP contribution in [0.3, 0.4) is 0 Å². The molecule has 6 aromatic heterocycles. The van der Waals surface area contributed by atoms with Crippen molar-refractivity contribution in [3.8, 4) is 28.6 Å². The van der Waals surface area contributed by atoms with Gasteiger partial charge in [-0.05, 0) is 186 Å². The lowest BCUT2D eigenvalue weighted by Gasteiger charge is -2.24. The molecule has 0 radical (unpaired) electrons. The first-order valence-electron chi connectivity index (χ1n) is 27.9. The van der Waals surface area contributed by atoms with E-state index in [9.17, 15) is 27.6 Å². The van der Waals surface area contributed by atoms with Crippen molar-refractivity contribution >= 4 is 102 Å². The van der Waals surface area contributed by atoms with Crippen molar-refractivity contribution in [1.82, 2.24) is 53.2 Å². The third-order valence-electron chi connectivity index (χ3n) is 13.5. The second kappa shape index (κ2) is 32.0. The van der Waals surface area contributed by atoms with Gasteiger partial charge in [0, 0.05) is 80.4 Å². The number of aromatic nitrogens is 8. The van der Waals surface area contributed by atoms with Crippen LogP contribution in [0.1, 0.15) is 139 Å². The average Bonchev–Trinajstić information content (AvgIpc) is 1.67. The molecule has 3 atom stereocenters. The number of nitrogens with two attached hydrogens (primary N) is 3. The number of nitrogen functional groups attached to an aromatic ring is 3. The molecule has 0 aliphatic carbocycles. The number of nitrogens with zero attached hydrogens (tertiary/aromatic N) is 10. The lowest BCUT2D eigenvalue weighted by atomic mass is 10.00. The number of aryl methyl sites for hydroxylation is 3. The number of fused-ring (bicyclic) bond motifs is 5. The summed E-state index contributed by atoms with van der Waals surface area (Å²) >= 11 is 10.8. The summed E-state index contributed by atoms with van der Waals surface area (Å²) in [7, 11) is 5.34. The van der Waals surface area contributed by atoms with E-state index in [1.807, 2.05) is 19.2 Å². The zero-order chi connectivity index (χ0) is 65.5. The molecule has 0 saturated heterocycles. The first-order chi connectivity index (χ1) is 42.9. The van der Waals surface area contributed by atoms with E-state index >= 15 is 0 Å². The minimum Gasteiger partial charge on any atom is -0.482 e. The van der Waals surface area contributed by atoms with E-state index in [4.69, 9.17) is 36.5 Å². The molecule has 2 amide bonds. The van der Waals surface area contributed by atoms with Crippen molar-refractivity contribution in [2.24, 2.45) is 0 Å². The molecule has 0 unspecified atom stereocenters. The summed E-state index contributed by atoms with van der Waals surface area (Å²) in [5, 5.41) is 12.2. The van der Waals surface area contributed by atoms with Gasteiger partial charge in [0.1, 0.15) is 45.0 Å². The summed E-state index contributed by atoms with van der Waals surface area (Å²) in [6.07, 6.45) is 5.30. The van der Waals surface area contributed by atoms with Crippen molar-refractivity contribution in [1.29, 1.82) is 0 Å². The number of carboxylic acids is 1. The van der Waals surface area contributed by atoms with Crippen LogP contribution in [0.15, 0.2) is 101 Å². The first kappa shape index (κ1) is 69.3. The number of nitrogens with one attached hydrogen (secondary N) is 1. The minimum absolute atomic E-state index is 0.0393. The van der Waals surface area contributed by atoms with E-state index < -0.39 is 41.7 Å². The summed E-state index contributed by atoms with van der Waals surface area (Å²) in [6.45, 7) is 12.9. The summed E-state index contributed by atoms with van der Waals surface area (Å²) in [6, 6.07) is 17.4. The van der Waals surface area contributed by atoms with E-state index in [0.717, 1.165) is 75.9 Å². The Kier molecular flexibility index (Phi) is 24.6. The van der Waals surface area contributed by atoms with Gasteiger partial charge in [-0.1, -0.05) is 20.8 Å². The zero-order valence-corrected chi connectivity index (χ0v) is 56.0. The number of halogens is 5. The number of carbonyl (C=O) groups excluding carboxylic acids is 2. The van der Waals surface area contributed by atoms with Crippen molar-refractivity contribution in [2.45, 2.75) is 98.8 Å². The summed E-state index contributed by atoms with van der Waals surface area (Å²) in [5.41, 5.74) is 23.8. The Bertz CT molecular complexity index is 3990. The van der Waals surface area contributed by atoms with Crippen LogP contribution in [0.5, 0.6) is 17.5 Å². The fourth-order valence-electron chi connectivity index (χ4n) is 8.94. The van der Waals surface area contributed by atoms with Gasteiger partial charge >= 0.3 is 5.97 Å². The number of carboxylic acid groups (broad SMARTS) is 1. The number of ether oxygens (including phenoxy) is 3. The molecule has 2 bridgehead atoms. The topological polar surface area (TPSA) is 299 Å². The lowest BCUT2D eigenvalue weighted by Crippen LogP contribution is -2.28. The molecule has 90 heavy (non-hydrogen) atoms. The highest BCUT2D eigenvalue weighted by molar-refractivity contribution is 9.10. The van der Waals surface area contributed by atoms with Gasteiger partial charge in [-0.15, -0.1) is 0 Å². The predicted octanol–water partition coefficient (Wildman–Crippen LogP) is 12.8. The molecule has 1 aliphatic heterocycles. The number of aromatic carboxylic acids is 1. The highest BCUT2D eigenvalue weighted by Crippen LogP contribution is 2.38. The Hall–Kier alpha value is -8.22. The second-order valence-corrected chi connectivity index (χ2v) is 24.3. The van der Waals surface area contributed by atoms with Gasteiger partial charge in [0.15, 0.2) is 23.2 Å². The first-order valence-corrected chi connectivity index (χ1v) is 31.8. The Balaban J connectivity index is 0.000000180. The number of hydrogen-bond donors (Lipinski definition) is 5. The Labute approximate surface area is 547 Å². The molecule has 474 valence electrons. The fourth-order valence-corrected chi connectivity index (χ4v) is 11.6. The Morgan fingerprint density at radius 1 is 0.756 bits per heavy atom. The van der Waals surface area contributed by atoms with Crippen LogP contribution >= 0.6 is 66.5 Å². The third-order valence-corrected chi connectivity index (χ3v) is 17.2. The molecular formula is C61H65Br2F3N14O7S3. The van der Waals surface area contributed by atoms with Crippen LogP contribution < -0.4 is 36.7 Å². The zero-order valence-electron chi connectivity index (χ0n) is 50.4. The predicted molar refractivity (Wildman–Crippen MR) is 348 cm³/mol. The maximum atomic E-state index is 14.0. The molecule has 0 fully saturated rings. The van der Waals surface area contributed by atoms with Crippen molar-refractivity contribution in [3.63, 3.8) is 0 Å². The fraction of sp³-hybridized carbons (Fsp3) is 0.295. The van der Waals surface area contributed by atoms with Gasteiger partial charge < -0.3 is 51.6 Å². The Morgan fingerprint density at radius 2 is 1.29 bits per heavy atom. The van der Waals surface area contributed by atoms with Gasteiger partial charge in [-0.2, -0.15) is 13.1 Å². The molecule has 0 saturated carbocycles. The highest BCUT2D eigenvalue weighted by Gasteiger charge is 2.28. The molecule has 9 aromatic rings. The van der Waals surface area contributed by atoms with Crippen LogP contribution in [0.4, 0.5) is 30.6 Å². The molecule has 21 nitrogen and oxygen atoms in total. The summed E-state index contributed by atoms with van der Waals surface area (Å²) in [5.74, 6) is -2.20. The van der Waals surface area contributed by atoms with Gasteiger partial charge in [0.2, 0.25) is 0 Å². The number of rotatable bonds is 15. The molecule has 29 heteroatoms. The molecule has 0 spiro atoms. The summed E-state index contributed by atoms with van der Waals surface area (Å²) in [4.78, 5) is 64.5. The monoisotopic (exact) mass is 1420 g/mol. The van der Waals surface area contributed by atoms with Gasteiger partial charge in [0.25, 0.3) is 23.6 Å². The molecule has 8 N–H and O–H groups in total. The normalized spacial score (nSPS) is 13.2. The quantitative estimate of drug-likeness (QED) is 0.0637. The largest absolute Gasteiger partial charge is 0.482 e. The lowest BCUT2D eigenvalue weighted by molar-refractivity contribution is 0.0689. The van der Waals surface area contributed by atoms with Gasteiger partial charge in [-0.3, -0.25) is 9.59 Å². The van der Waals surface area contributed by atoms with Crippen LogP contribution in [-0.2, 0) is 38.9 Å². The smallest absolute Gasteiger partial charge is 0.336 e. The Morgan fingerprint density at radius 3 is 1.84 bits per heavy atom. The van der Waals surface area contributed by atoms with E-state index in [1.54, 1.807) is 62.4 Å². The number of anilines is 3. The molecule has 1 aliphatic rings. The molecular weight excluding hydrogens is 1350 g/mol. The van der Waals surface area contributed by atoms with Crippen LogP contribution in [0.2, 0.25) is 0 Å². The third kappa shape index (κ3) is 18.0. The molecule has 3 aromatic carbocycles. The molecule has 10 rings (SSSR count). The van der Waals surface area contributed by atoms with Crippen LogP contribution in [0.25, 0.3) is 11.1 Å². The van der Waals surface area contributed by atoms with Crippen LogP contribution in [-0.4, -0.2) is 91.9 Å². The maximum Gasteiger partial charge on any atom is 0.336 e. The number of amides is 2. The van der Waals surface area contributed by atoms with Gasteiger partial charge in [0.05, 0.1) is 48.1 Å². The van der Waals surface area contributed by atoms with E-state index in [0.29, 0.717) is 50.3 Å². The van der Waals surface area contributed by atoms with Crippen molar-refractivity contribution in [3.05, 3.63) is 183 Å². The van der Waals surface area contributed by atoms with E-state index in [1.165, 1.54) is 82.8 Å². The highest BCUT2D eigenvalue weighted by atomic mass is 79.9. The van der Waals surface area contributed by atoms with Crippen molar-refractivity contribution in [2.75, 3.05) is 38.3 Å². The van der Waals surface area contributed by atoms with Crippen molar-refractivity contribution < 1.29 is 46.9 Å². The number of hydrogen-bond acceptors (Lipinski definition) is 21. The average molecular weight is 1420 g/mol. The van der Waals surface area contributed by atoms with E-state index in [2.05, 4.69) is 102 Å². The summed E-state index contributed by atoms with van der Waals surface area (Å²) < 4.78 is 72.7. The van der Waals surface area contributed by atoms with E-state index in [-0.39, 0.29) is 52.2 Å². The molecule has 7 heterocycles. The second-order valence-electron chi connectivity index (χ2n) is 20.1. The van der Waals surface area contributed by atoms with Gasteiger partial charge in [-0.25, -0.2) is 42.9 Å². The standard InChI is InChI=1S/C21H21FN4O2S.C20H21BrFN5O2S.C13H11BrFN3O3.C7H12N2S/c1-4-18-19-12-7-17(20(23)24-9-12)28-11(2)15-8-13(22)5-6-14(15)21(27)26(3)10-16(19)25-29-18;1-4-14-8-13(26-30-14)10-27(3)20(28)15-6-5-12(22)7-16(15)11(2)29-19-18(23)24-9-17(21)25-19;1-6(21-12-11(16)17-5-10(14)18-12)9-4-7(15)2-3-8(9)13(19)20;1-3-7-4-6(5-8-2)9-10-7/h5-9,11H,4,10H2,1-3H3,(H2,23,24);5-9,11H,4,10H2,1-3H3,(H2,23,24);2-6H,1H3,(H2,16,17)(H,19,20);4,8H,3,5H2,1-2H3/t2*11-;6-;/m111./s1. The van der Waals surface area contributed by atoms with Crippen LogP contribution in [0, 0.1) is 17.5 Å².